The molecule has 0 aliphatic heterocycles. The molecule has 0 amide bonds. The molecule has 0 saturated heterocycles. The summed E-state index contributed by atoms with van der Waals surface area (Å²) < 4.78 is 0. The molecule has 0 atom stereocenters. The molecule has 0 aromatic heterocycles. The number of hydrogen-bond donors (Lipinski definition) is 1. The van der Waals surface area contributed by atoms with Crippen molar-refractivity contribution in [2.24, 2.45) is 0 Å². The molecule has 0 aromatic rings. The highest BCUT2D eigenvalue weighted by atomic mass is 32.2. The first-order chi connectivity index (χ1) is 5.85. The van der Waals surface area contributed by atoms with E-state index in [-0.39, 0.29) is 0 Å². The lowest BCUT2D eigenvalue weighted by molar-refractivity contribution is 0.676. The number of thioether (sulfide) groups is 1. The first-order valence-electron chi connectivity index (χ1n) is 4.41. The topological polar surface area (TPSA) is 12.0 Å². The molecule has 0 heterocycles. The van der Waals surface area contributed by atoms with E-state index in [1.807, 2.05) is 6.08 Å². The minimum absolute atomic E-state index is 1.08. The van der Waals surface area contributed by atoms with Gasteiger partial charge in [-0.1, -0.05) is 25.7 Å². The molecule has 12 heavy (non-hydrogen) atoms. The summed E-state index contributed by atoms with van der Waals surface area (Å²) in [7, 11) is 0. The summed E-state index contributed by atoms with van der Waals surface area (Å²) in [6.07, 6.45) is 8.37. The van der Waals surface area contributed by atoms with Gasteiger partial charge in [-0.15, -0.1) is 11.8 Å². The molecule has 1 nitrogen and oxygen atoms in total. The summed E-state index contributed by atoms with van der Waals surface area (Å²) >= 11 is 1.80. The summed E-state index contributed by atoms with van der Waals surface area (Å²) in [4.78, 5) is 1.40. The van der Waals surface area contributed by atoms with E-state index in [4.69, 9.17) is 0 Å². The zero-order valence-corrected chi connectivity index (χ0v) is 8.91. The standard InChI is InChI=1S/C10H19NS/c1-4-6-10(12-3)7-9-11-8-5-2/h4,6,11H,1,5,7-9H2,2-3H3/b10-6-. The minimum atomic E-state index is 1.08. The van der Waals surface area contributed by atoms with Crippen LogP contribution in [0, 0.1) is 0 Å². The minimum Gasteiger partial charge on any atom is -0.316 e. The molecule has 0 bridgehead atoms. The highest BCUT2D eigenvalue weighted by molar-refractivity contribution is 8.02. The summed E-state index contributed by atoms with van der Waals surface area (Å²) in [5.74, 6) is 0. The maximum absolute atomic E-state index is 3.68. The number of nitrogens with one attached hydrogen (secondary N) is 1. The lowest BCUT2D eigenvalue weighted by Crippen LogP contribution is -2.15. The van der Waals surface area contributed by atoms with Gasteiger partial charge in [0.05, 0.1) is 0 Å². The van der Waals surface area contributed by atoms with E-state index in [1.165, 1.54) is 11.3 Å². The molecule has 0 spiro atoms. The van der Waals surface area contributed by atoms with Crippen LogP contribution >= 0.6 is 11.8 Å². The molecule has 70 valence electrons. The third-order valence-electron chi connectivity index (χ3n) is 1.54. The zero-order valence-electron chi connectivity index (χ0n) is 8.10. The second-order valence-electron chi connectivity index (χ2n) is 2.57. The van der Waals surface area contributed by atoms with Crippen LogP contribution in [0.5, 0.6) is 0 Å². The normalized spacial score (nSPS) is 11.7. The van der Waals surface area contributed by atoms with Crippen LogP contribution < -0.4 is 5.32 Å². The first-order valence-corrected chi connectivity index (χ1v) is 5.64. The van der Waals surface area contributed by atoms with Gasteiger partial charge in [0.25, 0.3) is 0 Å². The second kappa shape index (κ2) is 8.88. The Hall–Kier alpha value is -0.210. The van der Waals surface area contributed by atoms with Crippen LogP contribution in [0.25, 0.3) is 0 Å². The monoisotopic (exact) mass is 185 g/mol. The SMILES string of the molecule is C=C/C=C(/CCNCCC)SC. The maximum atomic E-state index is 3.68. The van der Waals surface area contributed by atoms with Gasteiger partial charge in [0, 0.05) is 0 Å². The highest BCUT2D eigenvalue weighted by Gasteiger charge is 1.92. The number of hydrogen-bond acceptors (Lipinski definition) is 2. The van der Waals surface area contributed by atoms with Crippen molar-refractivity contribution in [3.8, 4) is 0 Å². The van der Waals surface area contributed by atoms with Crippen molar-refractivity contribution in [1.29, 1.82) is 0 Å². The summed E-state index contributed by atoms with van der Waals surface area (Å²) in [6.45, 7) is 8.06. The molecule has 1 N–H and O–H groups in total. The fraction of sp³-hybridized carbons (Fsp3) is 0.600. The fourth-order valence-electron chi connectivity index (χ4n) is 0.898. The van der Waals surface area contributed by atoms with Crippen molar-refractivity contribution in [3.63, 3.8) is 0 Å². The fourth-order valence-corrected chi connectivity index (χ4v) is 1.44. The largest absolute Gasteiger partial charge is 0.316 e. The average molecular weight is 185 g/mol. The Bertz CT molecular complexity index is 141. The lowest BCUT2D eigenvalue weighted by Gasteiger charge is -2.04. The Labute approximate surface area is 80.3 Å². The lowest BCUT2D eigenvalue weighted by atomic mass is 10.3. The van der Waals surface area contributed by atoms with Crippen LogP contribution in [-0.4, -0.2) is 19.3 Å². The van der Waals surface area contributed by atoms with Crippen LogP contribution in [0.3, 0.4) is 0 Å². The summed E-state index contributed by atoms with van der Waals surface area (Å²) in [5.41, 5.74) is 0. The Morgan fingerprint density at radius 3 is 2.75 bits per heavy atom. The van der Waals surface area contributed by atoms with Gasteiger partial charge in [-0.3, -0.25) is 0 Å². The summed E-state index contributed by atoms with van der Waals surface area (Å²) in [6, 6.07) is 0. The molecule has 0 aromatic carbocycles. The van der Waals surface area contributed by atoms with Crippen LogP contribution in [0.2, 0.25) is 0 Å². The first kappa shape index (κ1) is 11.8. The molecule has 0 rings (SSSR count). The van der Waals surface area contributed by atoms with Crippen molar-refractivity contribution in [1.82, 2.24) is 5.32 Å². The maximum Gasteiger partial charge on any atom is -0.000331 e. The van der Waals surface area contributed by atoms with E-state index in [2.05, 4.69) is 31.2 Å². The van der Waals surface area contributed by atoms with Gasteiger partial charge in [-0.2, -0.15) is 0 Å². The highest BCUT2D eigenvalue weighted by Crippen LogP contribution is 2.14. The van der Waals surface area contributed by atoms with Crippen molar-refractivity contribution in [2.45, 2.75) is 19.8 Å². The van der Waals surface area contributed by atoms with Crippen molar-refractivity contribution >= 4 is 11.8 Å². The van der Waals surface area contributed by atoms with Crippen molar-refractivity contribution in [2.75, 3.05) is 19.3 Å². The molecule has 2 heteroatoms. The molecule has 0 fully saturated rings. The van der Waals surface area contributed by atoms with E-state index in [1.54, 1.807) is 11.8 Å². The van der Waals surface area contributed by atoms with Gasteiger partial charge < -0.3 is 5.32 Å². The predicted molar refractivity (Wildman–Crippen MR) is 59.6 cm³/mol. The second-order valence-corrected chi connectivity index (χ2v) is 3.51. The molecular weight excluding hydrogens is 166 g/mol. The Morgan fingerprint density at radius 1 is 1.50 bits per heavy atom. The van der Waals surface area contributed by atoms with Gasteiger partial charge in [0.2, 0.25) is 0 Å². The summed E-state index contributed by atoms with van der Waals surface area (Å²) in [5, 5.41) is 3.37. The number of rotatable bonds is 7. The average Bonchev–Trinajstić information content (AvgIpc) is 2.10. The van der Waals surface area contributed by atoms with Gasteiger partial charge in [-0.25, -0.2) is 0 Å². The Kier molecular flexibility index (Phi) is 8.73. The smallest absolute Gasteiger partial charge is 0.000331 e. The van der Waals surface area contributed by atoms with E-state index in [0.717, 1.165) is 19.5 Å². The van der Waals surface area contributed by atoms with Crippen LogP contribution in [0.15, 0.2) is 23.6 Å². The molecule has 0 radical (unpaired) electrons. The van der Waals surface area contributed by atoms with E-state index in [0.29, 0.717) is 0 Å². The van der Waals surface area contributed by atoms with Crippen LogP contribution in [-0.2, 0) is 0 Å². The van der Waals surface area contributed by atoms with Crippen LogP contribution in [0.4, 0.5) is 0 Å². The van der Waals surface area contributed by atoms with Gasteiger partial charge in [0.1, 0.15) is 0 Å². The van der Waals surface area contributed by atoms with Crippen molar-refractivity contribution < 1.29 is 0 Å². The van der Waals surface area contributed by atoms with E-state index < -0.39 is 0 Å². The molecule has 0 aliphatic carbocycles. The van der Waals surface area contributed by atoms with Gasteiger partial charge in [0.15, 0.2) is 0 Å². The molecular formula is C10H19NS. The number of allylic oxidation sites excluding steroid dienone is 2. The van der Waals surface area contributed by atoms with Crippen LogP contribution in [0.1, 0.15) is 19.8 Å². The Morgan fingerprint density at radius 2 is 2.25 bits per heavy atom. The molecule has 0 unspecified atom stereocenters. The van der Waals surface area contributed by atoms with E-state index in [9.17, 15) is 0 Å². The molecule has 0 saturated carbocycles. The zero-order chi connectivity index (χ0) is 9.23. The van der Waals surface area contributed by atoms with E-state index >= 15 is 0 Å². The Balaban J connectivity index is 3.45. The quantitative estimate of drug-likeness (QED) is 0.483. The van der Waals surface area contributed by atoms with Gasteiger partial charge >= 0.3 is 0 Å². The molecule has 0 aliphatic rings. The van der Waals surface area contributed by atoms with Gasteiger partial charge in [-0.05, 0) is 37.1 Å². The van der Waals surface area contributed by atoms with Crippen molar-refractivity contribution in [3.05, 3.63) is 23.6 Å². The third-order valence-corrected chi connectivity index (χ3v) is 2.41. The third kappa shape index (κ3) is 6.50. The predicted octanol–water partition coefficient (Wildman–Crippen LogP) is 2.81.